The van der Waals surface area contributed by atoms with Gasteiger partial charge in [-0.2, -0.15) is 0 Å². The fourth-order valence-electron chi connectivity index (χ4n) is 0.728. The largest absolute Gasteiger partial charge is 0.492 e. The molecule has 0 aliphatic heterocycles. The van der Waals surface area contributed by atoms with E-state index in [4.69, 9.17) is 16.3 Å². The second-order valence-electron chi connectivity index (χ2n) is 2.40. The molecular formula is C9H11ClO. The lowest BCUT2D eigenvalue weighted by atomic mass is 10.3. The van der Waals surface area contributed by atoms with Crippen molar-refractivity contribution in [3.63, 3.8) is 0 Å². The summed E-state index contributed by atoms with van der Waals surface area (Å²) in [4.78, 5) is 0. The van der Waals surface area contributed by atoms with Gasteiger partial charge in [0.1, 0.15) is 12.4 Å². The van der Waals surface area contributed by atoms with Crippen molar-refractivity contribution >= 4 is 11.6 Å². The first-order valence-electron chi connectivity index (χ1n) is 3.61. The minimum absolute atomic E-state index is 0.0650. The Morgan fingerprint density at radius 2 is 2.00 bits per heavy atom. The van der Waals surface area contributed by atoms with Crippen LogP contribution in [0.25, 0.3) is 0 Å². The summed E-state index contributed by atoms with van der Waals surface area (Å²) in [5.41, 5.74) is 0. The fourth-order valence-corrected chi connectivity index (χ4v) is 0.791. The summed E-state index contributed by atoms with van der Waals surface area (Å²) in [6, 6.07) is 9.66. The van der Waals surface area contributed by atoms with Crippen molar-refractivity contribution in [2.24, 2.45) is 0 Å². The highest BCUT2D eigenvalue weighted by Crippen LogP contribution is 2.09. The summed E-state index contributed by atoms with van der Waals surface area (Å²) in [6.07, 6.45) is 0. The molecule has 0 aliphatic carbocycles. The van der Waals surface area contributed by atoms with Gasteiger partial charge in [0, 0.05) is 0 Å². The van der Waals surface area contributed by atoms with Crippen molar-refractivity contribution in [1.82, 2.24) is 0 Å². The minimum atomic E-state index is 0.0650. The van der Waals surface area contributed by atoms with Crippen molar-refractivity contribution in [2.45, 2.75) is 12.3 Å². The van der Waals surface area contributed by atoms with Gasteiger partial charge in [-0.15, -0.1) is 11.6 Å². The highest BCUT2D eigenvalue weighted by atomic mass is 35.5. The maximum atomic E-state index is 5.70. The molecule has 1 aromatic rings. The van der Waals surface area contributed by atoms with E-state index in [1.165, 1.54) is 0 Å². The third-order valence-electron chi connectivity index (χ3n) is 1.22. The molecule has 1 rings (SSSR count). The first-order chi connectivity index (χ1) is 5.29. The summed E-state index contributed by atoms with van der Waals surface area (Å²) < 4.78 is 5.34. The molecule has 1 atom stereocenters. The first kappa shape index (κ1) is 8.41. The summed E-state index contributed by atoms with van der Waals surface area (Å²) in [7, 11) is 0. The van der Waals surface area contributed by atoms with Crippen molar-refractivity contribution in [2.75, 3.05) is 6.61 Å². The quantitative estimate of drug-likeness (QED) is 0.634. The molecule has 0 amide bonds. The van der Waals surface area contributed by atoms with Crippen LogP contribution in [0.2, 0.25) is 0 Å². The normalized spacial score (nSPS) is 12.5. The van der Waals surface area contributed by atoms with Gasteiger partial charge in [0.25, 0.3) is 0 Å². The highest BCUT2D eigenvalue weighted by molar-refractivity contribution is 6.20. The molecule has 1 nitrogen and oxygen atoms in total. The zero-order valence-corrected chi connectivity index (χ0v) is 7.21. The van der Waals surface area contributed by atoms with Crippen LogP contribution < -0.4 is 4.74 Å². The third kappa shape index (κ3) is 3.28. The maximum Gasteiger partial charge on any atom is 0.119 e. The van der Waals surface area contributed by atoms with Crippen LogP contribution in [-0.4, -0.2) is 12.0 Å². The molecule has 0 fully saturated rings. The summed E-state index contributed by atoms with van der Waals surface area (Å²) in [5, 5.41) is 0.0650. The molecule has 0 radical (unpaired) electrons. The van der Waals surface area contributed by atoms with Gasteiger partial charge in [-0.1, -0.05) is 18.2 Å². The van der Waals surface area contributed by atoms with Crippen LogP contribution in [-0.2, 0) is 0 Å². The van der Waals surface area contributed by atoms with Crippen LogP contribution in [0, 0.1) is 0 Å². The predicted molar refractivity (Wildman–Crippen MR) is 47.3 cm³/mol. The van der Waals surface area contributed by atoms with Crippen LogP contribution >= 0.6 is 11.6 Å². The van der Waals surface area contributed by atoms with E-state index in [0.29, 0.717) is 6.61 Å². The van der Waals surface area contributed by atoms with Gasteiger partial charge in [-0.3, -0.25) is 0 Å². The standard InChI is InChI=1S/C9H11ClO/c1-8(10)7-11-9-5-3-2-4-6-9/h2-6,8H,7H2,1H3. The molecule has 0 bridgehead atoms. The van der Waals surface area contributed by atoms with Gasteiger partial charge in [0.2, 0.25) is 0 Å². The van der Waals surface area contributed by atoms with Gasteiger partial charge in [-0.05, 0) is 19.1 Å². The van der Waals surface area contributed by atoms with Gasteiger partial charge >= 0.3 is 0 Å². The monoisotopic (exact) mass is 170 g/mol. The van der Waals surface area contributed by atoms with Crippen LogP contribution in [0.15, 0.2) is 30.3 Å². The van der Waals surface area contributed by atoms with Crippen molar-refractivity contribution in [3.8, 4) is 5.75 Å². The molecule has 0 aliphatic rings. The second kappa shape index (κ2) is 4.24. The van der Waals surface area contributed by atoms with Crippen molar-refractivity contribution in [3.05, 3.63) is 30.3 Å². The van der Waals surface area contributed by atoms with E-state index >= 15 is 0 Å². The average molecular weight is 171 g/mol. The third-order valence-corrected chi connectivity index (χ3v) is 1.35. The second-order valence-corrected chi connectivity index (χ2v) is 3.15. The molecule has 0 spiro atoms. The molecule has 2 heteroatoms. The van der Waals surface area contributed by atoms with E-state index in [-0.39, 0.29) is 5.38 Å². The number of hydrogen-bond acceptors (Lipinski definition) is 1. The molecule has 0 saturated carbocycles. The molecule has 11 heavy (non-hydrogen) atoms. The molecule has 0 heterocycles. The number of rotatable bonds is 3. The Hall–Kier alpha value is -0.690. The summed E-state index contributed by atoms with van der Waals surface area (Å²) in [5.74, 6) is 0.875. The fraction of sp³-hybridized carbons (Fsp3) is 0.333. The van der Waals surface area contributed by atoms with E-state index in [9.17, 15) is 0 Å². The molecule has 0 N–H and O–H groups in total. The van der Waals surface area contributed by atoms with Gasteiger partial charge < -0.3 is 4.74 Å². The molecule has 0 saturated heterocycles. The Balaban J connectivity index is 2.39. The van der Waals surface area contributed by atoms with Crippen molar-refractivity contribution in [1.29, 1.82) is 0 Å². The number of ether oxygens (including phenoxy) is 1. The summed E-state index contributed by atoms with van der Waals surface area (Å²) >= 11 is 5.70. The van der Waals surface area contributed by atoms with Gasteiger partial charge in [0.05, 0.1) is 5.38 Å². The lowest BCUT2D eigenvalue weighted by molar-refractivity contribution is 0.320. The highest BCUT2D eigenvalue weighted by Gasteiger charge is 1.96. The SMILES string of the molecule is CC(Cl)COc1ccccc1. The predicted octanol–water partition coefficient (Wildman–Crippen LogP) is 2.69. The van der Waals surface area contributed by atoms with Gasteiger partial charge in [0.15, 0.2) is 0 Å². The summed E-state index contributed by atoms with van der Waals surface area (Å²) in [6.45, 7) is 2.47. The Kier molecular flexibility index (Phi) is 3.24. The number of para-hydroxylation sites is 1. The Morgan fingerprint density at radius 3 is 2.55 bits per heavy atom. The molecular weight excluding hydrogens is 160 g/mol. The van der Waals surface area contributed by atoms with E-state index in [2.05, 4.69) is 0 Å². The van der Waals surface area contributed by atoms with Crippen LogP contribution in [0.4, 0.5) is 0 Å². The molecule has 60 valence electrons. The zero-order valence-electron chi connectivity index (χ0n) is 6.46. The lowest BCUT2D eigenvalue weighted by Crippen LogP contribution is -2.06. The van der Waals surface area contributed by atoms with E-state index in [0.717, 1.165) is 5.75 Å². The average Bonchev–Trinajstić information content (AvgIpc) is 2.03. The Morgan fingerprint density at radius 1 is 1.36 bits per heavy atom. The number of halogens is 1. The number of alkyl halides is 1. The number of hydrogen-bond donors (Lipinski definition) is 0. The van der Waals surface area contributed by atoms with Crippen LogP contribution in [0.3, 0.4) is 0 Å². The maximum absolute atomic E-state index is 5.70. The Bertz CT molecular complexity index is 196. The minimum Gasteiger partial charge on any atom is -0.492 e. The van der Waals surface area contributed by atoms with Crippen LogP contribution in [0.5, 0.6) is 5.75 Å². The van der Waals surface area contributed by atoms with E-state index < -0.39 is 0 Å². The van der Waals surface area contributed by atoms with E-state index in [1.807, 2.05) is 37.3 Å². The zero-order chi connectivity index (χ0) is 8.10. The molecule has 0 aromatic heterocycles. The van der Waals surface area contributed by atoms with Crippen LogP contribution in [0.1, 0.15) is 6.92 Å². The smallest absolute Gasteiger partial charge is 0.119 e. The van der Waals surface area contributed by atoms with Crippen molar-refractivity contribution < 1.29 is 4.74 Å². The molecule has 1 unspecified atom stereocenters. The first-order valence-corrected chi connectivity index (χ1v) is 4.04. The number of benzene rings is 1. The lowest BCUT2D eigenvalue weighted by Gasteiger charge is -2.05. The Labute approximate surface area is 71.9 Å². The van der Waals surface area contributed by atoms with Gasteiger partial charge in [-0.25, -0.2) is 0 Å². The topological polar surface area (TPSA) is 9.23 Å². The van der Waals surface area contributed by atoms with E-state index in [1.54, 1.807) is 0 Å². The molecule has 1 aromatic carbocycles.